The smallest absolute Gasteiger partial charge is 0.313 e. The van der Waals surface area contributed by atoms with Crippen LogP contribution >= 0.6 is 27.7 Å². The molecule has 0 atom stereocenters. The third kappa shape index (κ3) is 2.57. The molecule has 112 valence electrons. The molecule has 1 N–H and O–H groups in total. The van der Waals surface area contributed by atoms with Gasteiger partial charge in [-0.05, 0) is 47.7 Å². The number of aliphatic carboxylic acids is 1. The van der Waals surface area contributed by atoms with Crippen LogP contribution in [0.15, 0.2) is 21.9 Å². The van der Waals surface area contributed by atoms with E-state index < -0.39 is 5.97 Å². The van der Waals surface area contributed by atoms with Crippen molar-refractivity contribution in [2.24, 2.45) is 0 Å². The molecular formula is C14H16BrN3O2S. The minimum absolute atomic E-state index is 0.0181. The van der Waals surface area contributed by atoms with Crippen molar-refractivity contribution in [3.63, 3.8) is 0 Å². The van der Waals surface area contributed by atoms with Crippen molar-refractivity contribution in [2.45, 2.75) is 43.3 Å². The third-order valence-corrected chi connectivity index (χ3v) is 5.53. The summed E-state index contributed by atoms with van der Waals surface area (Å²) in [4.78, 5) is 20.0. The van der Waals surface area contributed by atoms with Crippen LogP contribution in [0.25, 0.3) is 11.2 Å². The Morgan fingerprint density at radius 2 is 2.33 bits per heavy atom. The van der Waals surface area contributed by atoms with Gasteiger partial charge in [-0.2, -0.15) is 0 Å². The minimum atomic E-state index is -0.827. The molecule has 1 aliphatic carbocycles. The van der Waals surface area contributed by atoms with Crippen LogP contribution in [0.1, 0.15) is 32.6 Å². The minimum Gasteiger partial charge on any atom is -0.481 e. The number of nitrogens with zero attached hydrogens (tertiary/aromatic N) is 3. The number of carboxylic acids is 1. The van der Waals surface area contributed by atoms with Crippen LogP contribution in [-0.2, 0) is 10.3 Å². The molecule has 0 aromatic carbocycles. The van der Waals surface area contributed by atoms with Crippen LogP contribution in [0.2, 0.25) is 0 Å². The maximum Gasteiger partial charge on any atom is 0.313 e. The van der Waals surface area contributed by atoms with Gasteiger partial charge in [-0.1, -0.05) is 18.7 Å². The average molecular weight is 370 g/mol. The number of hydrogen-bond acceptors (Lipinski definition) is 4. The summed E-state index contributed by atoms with van der Waals surface area (Å²) in [6.07, 6.45) is 6.19. The van der Waals surface area contributed by atoms with Gasteiger partial charge in [0.1, 0.15) is 5.52 Å². The van der Waals surface area contributed by atoms with Crippen molar-refractivity contribution in [3.05, 3.63) is 16.7 Å². The largest absolute Gasteiger partial charge is 0.481 e. The van der Waals surface area contributed by atoms with Crippen LogP contribution in [0.4, 0.5) is 0 Å². The van der Waals surface area contributed by atoms with Gasteiger partial charge in [0.15, 0.2) is 10.8 Å². The van der Waals surface area contributed by atoms with E-state index in [1.54, 1.807) is 6.20 Å². The number of carboxylic acid groups (broad SMARTS) is 1. The molecule has 7 heteroatoms. The highest BCUT2D eigenvalue weighted by atomic mass is 79.9. The number of halogens is 1. The van der Waals surface area contributed by atoms with Crippen LogP contribution in [-0.4, -0.2) is 31.4 Å². The van der Waals surface area contributed by atoms with E-state index in [1.165, 1.54) is 18.2 Å². The van der Waals surface area contributed by atoms with Crippen LogP contribution in [0.5, 0.6) is 0 Å². The molecule has 1 saturated carbocycles. The number of rotatable bonds is 5. The molecule has 2 heterocycles. The second-order valence-corrected chi connectivity index (χ2v) is 7.20. The zero-order valence-electron chi connectivity index (χ0n) is 11.7. The number of carbonyl (C=O) groups is 1. The lowest BCUT2D eigenvalue weighted by Crippen LogP contribution is -2.40. The van der Waals surface area contributed by atoms with Crippen molar-refractivity contribution < 1.29 is 9.90 Å². The molecule has 3 rings (SSSR count). The average Bonchev–Trinajstić information content (AvgIpc) is 2.74. The van der Waals surface area contributed by atoms with Gasteiger partial charge >= 0.3 is 5.97 Å². The lowest BCUT2D eigenvalue weighted by Gasteiger charge is -2.43. The Labute approximate surface area is 135 Å². The second kappa shape index (κ2) is 5.61. The van der Waals surface area contributed by atoms with Crippen molar-refractivity contribution in [1.29, 1.82) is 0 Å². The molecule has 0 amide bonds. The summed E-state index contributed by atoms with van der Waals surface area (Å²) < 4.78 is 3.06. The first-order chi connectivity index (χ1) is 10.1. The molecule has 0 saturated heterocycles. The summed E-state index contributed by atoms with van der Waals surface area (Å²) in [7, 11) is 0. The Balaban J connectivity index is 2.13. The fraction of sp³-hybridized carbons (Fsp3) is 0.500. The molecule has 21 heavy (non-hydrogen) atoms. The van der Waals surface area contributed by atoms with Gasteiger partial charge in [-0.25, -0.2) is 9.97 Å². The lowest BCUT2D eigenvalue weighted by atomic mass is 9.74. The first-order valence-corrected chi connectivity index (χ1v) is 8.73. The Morgan fingerprint density at radius 3 is 2.90 bits per heavy atom. The molecule has 0 spiro atoms. The van der Waals surface area contributed by atoms with E-state index in [-0.39, 0.29) is 11.3 Å². The Morgan fingerprint density at radius 1 is 1.57 bits per heavy atom. The van der Waals surface area contributed by atoms with Gasteiger partial charge in [0.05, 0.1) is 5.75 Å². The third-order valence-electron chi connectivity index (χ3n) is 4.17. The highest BCUT2D eigenvalue weighted by Gasteiger charge is 2.40. The van der Waals surface area contributed by atoms with Gasteiger partial charge in [0.2, 0.25) is 0 Å². The Hall–Kier alpha value is -1.08. The summed E-state index contributed by atoms with van der Waals surface area (Å²) in [6.45, 7) is 2.18. The lowest BCUT2D eigenvalue weighted by molar-refractivity contribution is -0.133. The highest BCUT2D eigenvalue weighted by Crippen LogP contribution is 2.45. The number of imidazole rings is 1. The number of hydrogen-bond donors (Lipinski definition) is 1. The number of thioether (sulfide) groups is 1. The van der Waals surface area contributed by atoms with Gasteiger partial charge in [0.25, 0.3) is 0 Å². The Kier molecular flexibility index (Phi) is 3.96. The van der Waals surface area contributed by atoms with E-state index in [1.807, 2.05) is 6.07 Å². The van der Waals surface area contributed by atoms with E-state index in [9.17, 15) is 4.79 Å². The molecular weight excluding hydrogens is 354 g/mol. The van der Waals surface area contributed by atoms with Crippen LogP contribution < -0.4 is 0 Å². The maximum atomic E-state index is 10.9. The number of fused-ring (bicyclic) bond motifs is 1. The normalized spacial score (nSPS) is 16.9. The zero-order chi connectivity index (χ0) is 15.0. The molecule has 1 aliphatic rings. The standard InChI is InChI=1S/C14H16BrN3O2S/c1-2-14(4-3-5-14)18-12-10(6-9(15)7-16-12)17-13(18)21-8-11(19)20/h6-7H,2-5,8H2,1H3,(H,19,20). The predicted molar refractivity (Wildman–Crippen MR) is 85.7 cm³/mol. The SMILES string of the molecule is CCC1(n2c(SCC(=O)O)nc3cc(Br)cnc32)CCC1. The highest BCUT2D eigenvalue weighted by molar-refractivity contribution is 9.10. The van der Waals surface area contributed by atoms with Crippen molar-refractivity contribution in [3.8, 4) is 0 Å². The van der Waals surface area contributed by atoms with Crippen LogP contribution in [0, 0.1) is 0 Å². The molecule has 0 aliphatic heterocycles. The van der Waals surface area contributed by atoms with Crippen LogP contribution in [0.3, 0.4) is 0 Å². The summed E-state index contributed by atoms with van der Waals surface area (Å²) in [6, 6.07) is 1.94. The van der Waals surface area contributed by atoms with Crippen molar-refractivity contribution in [1.82, 2.24) is 14.5 Å². The van der Waals surface area contributed by atoms with Gasteiger partial charge in [-0.15, -0.1) is 0 Å². The summed E-state index contributed by atoms with van der Waals surface area (Å²) in [5, 5.41) is 9.70. The van der Waals surface area contributed by atoms with Crippen molar-refractivity contribution >= 4 is 44.8 Å². The van der Waals surface area contributed by atoms with Gasteiger partial charge in [-0.3, -0.25) is 9.36 Å². The summed E-state index contributed by atoms with van der Waals surface area (Å²) in [5.74, 6) is -0.809. The predicted octanol–water partition coefficient (Wildman–Crippen LogP) is 3.66. The molecule has 0 radical (unpaired) electrons. The van der Waals surface area contributed by atoms with E-state index in [2.05, 4.69) is 37.4 Å². The molecule has 0 unspecified atom stereocenters. The Bertz CT molecular complexity index is 691. The summed E-state index contributed by atoms with van der Waals surface area (Å²) in [5.41, 5.74) is 1.72. The van der Waals surface area contributed by atoms with E-state index >= 15 is 0 Å². The van der Waals surface area contributed by atoms with E-state index in [0.717, 1.165) is 40.1 Å². The van der Waals surface area contributed by atoms with E-state index in [0.29, 0.717) is 0 Å². The topological polar surface area (TPSA) is 68.0 Å². The number of pyridine rings is 1. The second-order valence-electron chi connectivity index (χ2n) is 5.34. The van der Waals surface area contributed by atoms with Gasteiger partial charge < -0.3 is 5.11 Å². The molecule has 2 aromatic heterocycles. The van der Waals surface area contributed by atoms with E-state index in [4.69, 9.17) is 5.11 Å². The maximum absolute atomic E-state index is 10.9. The van der Waals surface area contributed by atoms with Crippen molar-refractivity contribution in [2.75, 3.05) is 5.75 Å². The quantitative estimate of drug-likeness (QED) is 0.814. The molecule has 0 bridgehead atoms. The summed E-state index contributed by atoms with van der Waals surface area (Å²) >= 11 is 4.69. The first kappa shape index (κ1) is 14.8. The zero-order valence-corrected chi connectivity index (χ0v) is 14.1. The monoisotopic (exact) mass is 369 g/mol. The first-order valence-electron chi connectivity index (χ1n) is 6.95. The molecule has 1 fully saturated rings. The number of aromatic nitrogens is 3. The van der Waals surface area contributed by atoms with Gasteiger partial charge in [0, 0.05) is 16.2 Å². The molecule has 5 nitrogen and oxygen atoms in total. The molecule has 2 aromatic rings. The fourth-order valence-electron chi connectivity index (χ4n) is 2.89. The fourth-order valence-corrected chi connectivity index (χ4v) is 4.03.